The van der Waals surface area contributed by atoms with E-state index in [2.05, 4.69) is 85.4 Å². The van der Waals surface area contributed by atoms with Gasteiger partial charge in [-0.3, -0.25) is 0 Å². The molecule has 5 heteroatoms. The number of thiophene rings is 1. The summed E-state index contributed by atoms with van der Waals surface area (Å²) in [7, 11) is -1.31. The molecule has 41 heavy (non-hydrogen) atoms. The number of aromatic nitrogens is 2. The molecule has 7 rings (SSSR count). The van der Waals surface area contributed by atoms with Gasteiger partial charge in [-0.25, -0.2) is 0 Å². The second-order valence-corrected chi connectivity index (χ2v) is 17.7. The third-order valence-corrected chi connectivity index (χ3v) is 11.0. The predicted molar refractivity (Wildman–Crippen MR) is 174 cm³/mol. The average Bonchev–Trinajstić information content (AvgIpc) is 3.66. The van der Waals surface area contributed by atoms with Crippen molar-refractivity contribution in [3.05, 3.63) is 115 Å². The van der Waals surface area contributed by atoms with Gasteiger partial charge >= 0.3 is 0 Å². The molecule has 1 radical (unpaired) electrons. The van der Waals surface area contributed by atoms with Crippen LogP contribution < -0.4 is 5.19 Å². The van der Waals surface area contributed by atoms with E-state index < -0.39 is 8.07 Å². The Morgan fingerprint density at radius 3 is 2.29 bits per heavy atom. The Hall–Kier alpha value is -2.95. The summed E-state index contributed by atoms with van der Waals surface area (Å²) in [4.78, 5) is 9.07. The molecule has 0 amide bonds. The van der Waals surface area contributed by atoms with Crippen molar-refractivity contribution in [2.45, 2.75) is 51.2 Å². The first-order valence-electron chi connectivity index (χ1n) is 14.2. The minimum atomic E-state index is -1.31. The van der Waals surface area contributed by atoms with Crippen LogP contribution in [-0.4, -0.2) is 18.0 Å². The van der Waals surface area contributed by atoms with E-state index >= 15 is 0 Å². The molecule has 3 aromatic carbocycles. The molecule has 3 aromatic heterocycles. The number of nitrogens with zero attached hydrogens (tertiary/aromatic N) is 2. The Balaban J connectivity index is 0.000000218. The van der Waals surface area contributed by atoms with Gasteiger partial charge in [0.1, 0.15) is 0 Å². The van der Waals surface area contributed by atoms with Gasteiger partial charge in [0.25, 0.3) is 0 Å². The first kappa shape index (κ1) is 29.5. The van der Waals surface area contributed by atoms with Gasteiger partial charge in [0.15, 0.2) is 0 Å². The first-order valence-corrected chi connectivity index (χ1v) is 18.5. The third-order valence-electron chi connectivity index (χ3n) is 7.82. The maximum absolute atomic E-state index is 4.85. The summed E-state index contributed by atoms with van der Waals surface area (Å²) in [5.41, 5.74) is 5.61. The van der Waals surface area contributed by atoms with Gasteiger partial charge in [0.05, 0.1) is 8.07 Å². The molecule has 0 N–H and O–H groups in total. The van der Waals surface area contributed by atoms with Crippen molar-refractivity contribution in [1.29, 1.82) is 0 Å². The fraction of sp³-hybridized carbons (Fsp3) is 0.222. The molecule has 0 bridgehead atoms. The molecule has 1 aliphatic rings. The molecule has 0 saturated heterocycles. The fourth-order valence-electron chi connectivity index (χ4n) is 5.53. The van der Waals surface area contributed by atoms with Crippen molar-refractivity contribution in [2.75, 3.05) is 0 Å². The number of hydrogen-bond acceptors (Lipinski definition) is 3. The van der Waals surface area contributed by atoms with Crippen LogP contribution in [0.25, 0.3) is 42.7 Å². The molecule has 3 heterocycles. The topological polar surface area (TPSA) is 25.8 Å². The zero-order valence-corrected chi connectivity index (χ0v) is 28.0. The molecule has 0 aliphatic heterocycles. The van der Waals surface area contributed by atoms with Crippen LogP contribution in [0.5, 0.6) is 0 Å². The van der Waals surface area contributed by atoms with Gasteiger partial charge in [-0.15, -0.1) is 59.7 Å². The van der Waals surface area contributed by atoms with Gasteiger partial charge in [0.2, 0.25) is 0 Å². The Morgan fingerprint density at radius 1 is 0.780 bits per heavy atom. The molecular formula is C36H34IrN2SSi-2. The Kier molecular flexibility index (Phi) is 9.30. The SMILES string of the molecule is C[Si](C)(C)c1ccc2c(c1)sc1c(-c3ccc(C4CCCC4)cn3)[c-]ccc12.[Ir].[c-]1ccccc1-c1ccccn1. The van der Waals surface area contributed by atoms with E-state index in [4.69, 9.17) is 4.98 Å². The number of rotatable bonds is 4. The minimum Gasteiger partial charge on any atom is -0.305 e. The second kappa shape index (κ2) is 12.9. The number of fused-ring (bicyclic) bond motifs is 3. The van der Waals surface area contributed by atoms with Crippen LogP contribution in [0.3, 0.4) is 0 Å². The van der Waals surface area contributed by atoms with Gasteiger partial charge < -0.3 is 9.97 Å². The summed E-state index contributed by atoms with van der Waals surface area (Å²) in [5, 5.41) is 4.22. The predicted octanol–water partition coefficient (Wildman–Crippen LogP) is 9.67. The number of pyridine rings is 2. The quantitative estimate of drug-likeness (QED) is 0.133. The summed E-state index contributed by atoms with van der Waals surface area (Å²) < 4.78 is 2.70. The maximum Gasteiger partial charge on any atom is 0.0776 e. The Morgan fingerprint density at radius 2 is 1.61 bits per heavy atom. The van der Waals surface area contributed by atoms with Crippen molar-refractivity contribution in [3.8, 4) is 22.5 Å². The molecular weight excluding hydrogens is 713 g/mol. The third kappa shape index (κ3) is 6.60. The molecule has 1 aliphatic carbocycles. The van der Waals surface area contributed by atoms with Crippen LogP contribution in [-0.2, 0) is 20.1 Å². The van der Waals surface area contributed by atoms with Crippen molar-refractivity contribution in [3.63, 3.8) is 0 Å². The van der Waals surface area contributed by atoms with Crippen molar-refractivity contribution < 1.29 is 20.1 Å². The molecule has 0 unspecified atom stereocenters. The zero-order chi connectivity index (χ0) is 27.5. The van der Waals surface area contributed by atoms with E-state index in [1.54, 1.807) is 6.20 Å². The van der Waals surface area contributed by atoms with Crippen LogP contribution in [0.15, 0.2) is 97.3 Å². The number of benzene rings is 3. The van der Waals surface area contributed by atoms with Gasteiger partial charge in [0, 0.05) is 37.2 Å². The standard InChI is InChI=1S/C25H26NSSi.C11H8N.Ir/c1-28(2,3)19-12-13-20-21-9-6-10-22(25(21)27-24(20)15-19)23-14-11-18(16-26-23)17-7-4-5-8-17;1-2-6-10(7-3-1)11-8-4-5-9-12-11;/h6,9,11-17H,4-5,7-8H2,1-3H3;1-6,8-9H;/q2*-1;. The van der Waals surface area contributed by atoms with E-state index in [9.17, 15) is 0 Å². The van der Waals surface area contributed by atoms with Gasteiger partial charge in [-0.05, 0) is 57.9 Å². The summed E-state index contributed by atoms with van der Waals surface area (Å²) in [6, 6.07) is 36.1. The van der Waals surface area contributed by atoms with E-state index in [1.807, 2.05) is 53.8 Å². The molecule has 2 nitrogen and oxygen atoms in total. The summed E-state index contributed by atoms with van der Waals surface area (Å²) in [5.74, 6) is 0.714. The molecule has 6 aromatic rings. The molecule has 1 fully saturated rings. The smallest absolute Gasteiger partial charge is 0.0776 e. The normalized spacial score (nSPS) is 13.5. The first-order chi connectivity index (χ1) is 19.5. The van der Waals surface area contributed by atoms with Crippen LogP contribution in [0.1, 0.15) is 37.2 Å². The van der Waals surface area contributed by atoms with Crippen LogP contribution in [0.2, 0.25) is 19.6 Å². The monoisotopic (exact) mass is 747 g/mol. The minimum absolute atomic E-state index is 0. The Bertz CT molecular complexity index is 1680. The largest absolute Gasteiger partial charge is 0.305 e. The summed E-state index contributed by atoms with van der Waals surface area (Å²) in [6.45, 7) is 7.24. The number of hydrogen-bond donors (Lipinski definition) is 0. The van der Waals surface area contributed by atoms with Gasteiger partial charge in [-0.2, -0.15) is 11.3 Å². The van der Waals surface area contributed by atoms with E-state index in [-0.39, 0.29) is 20.1 Å². The second-order valence-electron chi connectivity index (χ2n) is 11.6. The fourth-order valence-corrected chi connectivity index (χ4v) is 8.04. The van der Waals surface area contributed by atoms with Gasteiger partial charge in [-0.1, -0.05) is 79.5 Å². The van der Waals surface area contributed by atoms with Crippen LogP contribution in [0.4, 0.5) is 0 Å². The van der Waals surface area contributed by atoms with E-state index in [0.29, 0.717) is 5.92 Å². The summed E-state index contributed by atoms with van der Waals surface area (Å²) >= 11 is 1.89. The van der Waals surface area contributed by atoms with Crippen molar-refractivity contribution in [2.24, 2.45) is 0 Å². The van der Waals surface area contributed by atoms with E-state index in [0.717, 1.165) is 22.5 Å². The van der Waals surface area contributed by atoms with Crippen molar-refractivity contribution >= 4 is 44.8 Å². The summed E-state index contributed by atoms with van der Waals surface area (Å²) in [6.07, 6.45) is 9.25. The van der Waals surface area contributed by atoms with Crippen molar-refractivity contribution in [1.82, 2.24) is 9.97 Å². The van der Waals surface area contributed by atoms with E-state index in [1.165, 1.54) is 56.6 Å². The molecule has 0 atom stereocenters. The molecule has 1 saturated carbocycles. The Labute approximate surface area is 262 Å². The van der Waals surface area contributed by atoms with Crippen LogP contribution in [0, 0.1) is 12.1 Å². The van der Waals surface area contributed by atoms with Crippen LogP contribution >= 0.6 is 11.3 Å². The zero-order valence-electron chi connectivity index (χ0n) is 23.8. The average molecular weight is 747 g/mol. The molecule has 0 spiro atoms. The molecule has 209 valence electrons. The maximum atomic E-state index is 4.85.